The number of hydrogen-bond donors (Lipinski definition) is 0. The third kappa shape index (κ3) is 3.29. The summed E-state index contributed by atoms with van der Waals surface area (Å²) in [7, 11) is 0. The number of carbonyl (C=O) groups is 2. The Morgan fingerprint density at radius 3 is 2.66 bits per heavy atom. The number of fused-ring (bicyclic) bond motifs is 5. The molecule has 4 aliphatic carbocycles. The minimum absolute atomic E-state index is 0.0632. The lowest BCUT2D eigenvalue weighted by Crippen LogP contribution is -2.56. The van der Waals surface area contributed by atoms with E-state index >= 15 is 0 Å². The Labute approximate surface area is 182 Å². The largest absolute Gasteiger partial charge is 0.612 e. The Morgan fingerprint density at radius 2 is 1.93 bits per heavy atom. The number of carbonyl (C=O) groups excluding carboxylic acids is 2. The topological polar surface area (TPSA) is 57.2 Å². The normalized spacial score (nSPS) is 42.5. The summed E-state index contributed by atoms with van der Waals surface area (Å²) in [5.41, 5.74) is 0.338. The van der Waals surface area contributed by atoms with Crippen molar-refractivity contribution >= 4 is 34.3 Å². The average Bonchev–Trinajstić information content (AvgIpc) is 2.96. The number of unbranched alkanes of at least 4 members (excludes halogenated alkanes) is 2. The minimum atomic E-state index is -1.22. The Morgan fingerprint density at radius 1 is 1.17 bits per heavy atom. The quantitative estimate of drug-likeness (QED) is 0.331. The molecule has 0 amide bonds. The second-order valence-corrected chi connectivity index (χ2v) is 12.1. The van der Waals surface area contributed by atoms with E-state index in [1.807, 2.05) is 0 Å². The van der Waals surface area contributed by atoms with Gasteiger partial charge in [0.25, 0.3) is 0 Å². The van der Waals surface area contributed by atoms with Gasteiger partial charge in [0.2, 0.25) is 0 Å². The molecule has 4 rings (SSSR count). The SMILES string of the molecule is CCCCC[S+]([O-])C1=CC(=O)C=C2CCC3C(C(=O)C[C@@]4(C)C3CC[C@H]4Cl)[C@]21C. The van der Waals surface area contributed by atoms with Gasteiger partial charge in [0.05, 0.1) is 5.41 Å². The van der Waals surface area contributed by atoms with Gasteiger partial charge in [-0.25, -0.2) is 0 Å². The molecule has 0 aromatic rings. The molecule has 0 bridgehead atoms. The van der Waals surface area contributed by atoms with Crippen molar-refractivity contribution in [2.24, 2.45) is 28.6 Å². The van der Waals surface area contributed by atoms with Gasteiger partial charge in [-0.05, 0) is 80.0 Å². The number of hydrogen-bond acceptors (Lipinski definition) is 3. The van der Waals surface area contributed by atoms with Crippen LogP contribution in [0.15, 0.2) is 22.6 Å². The van der Waals surface area contributed by atoms with Crippen molar-refractivity contribution in [3.8, 4) is 0 Å². The van der Waals surface area contributed by atoms with Crippen LogP contribution >= 0.6 is 11.6 Å². The molecule has 3 nitrogen and oxygen atoms in total. The third-order valence-corrected chi connectivity index (χ3v) is 10.9. The summed E-state index contributed by atoms with van der Waals surface area (Å²) in [6, 6.07) is 0. The number of ketones is 2. The minimum Gasteiger partial charge on any atom is -0.612 e. The first-order chi connectivity index (χ1) is 13.7. The van der Waals surface area contributed by atoms with Crippen LogP contribution in [0.3, 0.4) is 0 Å². The van der Waals surface area contributed by atoms with E-state index in [2.05, 4.69) is 20.8 Å². The summed E-state index contributed by atoms with van der Waals surface area (Å²) >= 11 is 5.48. The van der Waals surface area contributed by atoms with Gasteiger partial charge in [-0.15, -0.1) is 11.6 Å². The number of allylic oxidation sites excluding steroid dienone is 4. The fourth-order valence-corrected chi connectivity index (χ4v) is 8.97. The Kier molecular flexibility index (Phi) is 5.85. The molecular formula is C24H33ClO3S. The number of halogens is 1. The molecule has 0 N–H and O–H groups in total. The van der Waals surface area contributed by atoms with Crippen LogP contribution in [0.4, 0.5) is 0 Å². The smallest absolute Gasteiger partial charge is 0.183 e. The maximum atomic E-state index is 13.6. The Bertz CT molecular complexity index is 774. The predicted molar refractivity (Wildman–Crippen MR) is 118 cm³/mol. The Balaban J connectivity index is 1.71. The lowest BCUT2D eigenvalue weighted by atomic mass is 9.48. The number of rotatable bonds is 5. The first kappa shape index (κ1) is 21.6. The summed E-state index contributed by atoms with van der Waals surface area (Å²) < 4.78 is 13.3. The van der Waals surface area contributed by atoms with Crippen molar-refractivity contribution in [3.63, 3.8) is 0 Å². The lowest BCUT2D eigenvalue weighted by Gasteiger charge is -2.56. The number of Topliss-reactive ketones (excluding diaryl/α,β-unsaturated/α-hetero) is 1. The third-order valence-electron chi connectivity index (χ3n) is 8.46. The predicted octanol–water partition coefficient (Wildman–Crippen LogP) is 5.35. The van der Waals surface area contributed by atoms with Gasteiger partial charge in [-0.2, -0.15) is 0 Å². The molecule has 5 heteroatoms. The van der Waals surface area contributed by atoms with Crippen molar-refractivity contribution in [2.45, 2.75) is 77.5 Å². The van der Waals surface area contributed by atoms with E-state index in [0.717, 1.165) is 50.5 Å². The zero-order valence-electron chi connectivity index (χ0n) is 17.8. The molecule has 0 heterocycles. The first-order valence-electron chi connectivity index (χ1n) is 11.3. The van der Waals surface area contributed by atoms with E-state index in [1.54, 1.807) is 12.2 Å². The van der Waals surface area contributed by atoms with E-state index in [0.29, 0.717) is 23.0 Å². The highest BCUT2D eigenvalue weighted by molar-refractivity contribution is 7.95. The zero-order valence-corrected chi connectivity index (χ0v) is 19.4. The second-order valence-electron chi connectivity index (χ2n) is 10.0. The maximum Gasteiger partial charge on any atom is 0.183 e. The molecule has 4 aliphatic rings. The van der Waals surface area contributed by atoms with Crippen molar-refractivity contribution in [2.75, 3.05) is 5.75 Å². The zero-order chi connectivity index (χ0) is 21.0. The van der Waals surface area contributed by atoms with Crippen LogP contribution in [0.5, 0.6) is 0 Å². The van der Waals surface area contributed by atoms with Crippen LogP contribution in [0.2, 0.25) is 0 Å². The summed E-state index contributed by atoms with van der Waals surface area (Å²) in [5, 5.41) is 0.0632. The van der Waals surface area contributed by atoms with E-state index in [4.69, 9.17) is 11.6 Å². The molecule has 29 heavy (non-hydrogen) atoms. The van der Waals surface area contributed by atoms with Gasteiger partial charge in [0.1, 0.15) is 16.4 Å². The molecule has 0 aromatic carbocycles. The van der Waals surface area contributed by atoms with Gasteiger partial charge in [0.15, 0.2) is 5.78 Å². The van der Waals surface area contributed by atoms with Gasteiger partial charge in [-0.1, -0.05) is 25.8 Å². The maximum absolute atomic E-state index is 13.6. The molecule has 3 fully saturated rings. The van der Waals surface area contributed by atoms with Crippen molar-refractivity contribution < 1.29 is 14.1 Å². The molecule has 4 unspecified atom stereocenters. The molecular weight excluding hydrogens is 404 g/mol. The van der Waals surface area contributed by atoms with Crippen LogP contribution in [-0.2, 0) is 20.8 Å². The average molecular weight is 437 g/mol. The van der Waals surface area contributed by atoms with Crippen LogP contribution in [-0.4, -0.2) is 27.2 Å². The van der Waals surface area contributed by atoms with Gasteiger partial charge >= 0.3 is 0 Å². The fraction of sp³-hybridized carbons (Fsp3) is 0.750. The van der Waals surface area contributed by atoms with E-state index in [9.17, 15) is 14.1 Å². The summed E-state index contributed by atoms with van der Waals surface area (Å²) in [5.74, 6) is 1.32. The van der Waals surface area contributed by atoms with Gasteiger partial charge < -0.3 is 4.55 Å². The van der Waals surface area contributed by atoms with Crippen molar-refractivity contribution in [1.82, 2.24) is 0 Å². The molecule has 3 saturated carbocycles. The van der Waals surface area contributed by atoms with Crippen LogP contribution in [0.25, 0.3) is 0 Å². The molecule has 160 valence electrons. The fourth-order valence-electron chi connectivity index (χ4n) is 6.94. The van der Waals surface area contributed by atoms with Crippen LogP contribution < -0.4 is 0 Å². The summed E-state index contributed by atoms with van der Waals surface area (Å²) in [6.07, 6.45) is 10.6. The molecule has 7 atom stereocenters. The van der Waals surface area contributed by atoms with Crippen LogP contribution in [0.1, 0.15) is 72.1 Å². The molecule has 0 radical (unpaired) electrons. The molecule has 0 spiro atoms. The van der Waals surface area contributed by atoms with Crippen molar-refractivity contribution in [3.05, 3.63) is 22.6 Å². The van der Waals surface area contributed by atoms with Crippen LogP contribution in [0, 0.1) is 28.6 Å². The lowest BCUT2D eigenvalue weighted by molar-refractivity contribution is -0.140. The molecule has 0 aromatic heterocycles. The highest BCUT2D eigenvalue weighted by Crippen LogP contribution is 2.65. The second kappa shape index (κ2) is 7.84. The highest BCUT2D eigenvalue weighted by Gasteiger charge is 2.64. The van der Waals surface area contributed by atoms with E-state index in [-0.39, 0.29) is 34.2 Å². The molecule has 0 saturated heterocycles. The number of alkyl halides is 1. The summed E-state index contributed by atoms with van der Waals surface area (Å²) in [4.78, 5) is 26.7. The van der Waals surface area contributed by atoms with E-state index < -0.39 is 16.6 Å². The van der Waals surface area contributed by atoms with Gasteiger partial charge in [-0.3, -0.25) is 9.59 Å². The Hall–Kier alpha value is -0.580. The standard InChI is InChI=1S/C24H33ClO3S/c1-4-5-6-11-29(28)21-13-16(26)12-15-7-8-17-18-9-10-20(25)23(18,2)14-19(27)22(17)24(15,21)3/h12-13,17-18,20,22H,4-11,14H2,1-3H3/t17?,18?,20-,22?,23+,24-,29?/m1/s1. The van der Waals surface area contributed by atoms with E-state index in [1.165, 1.54) is 0 Å². The summed E-state index contributed by atoms with van der Waals surface area (Å²) in [6.45, 7) is 6.43. The highest BCUT2D eigenvalue weighted by atomic mass is 35.5. The van der Waals surface area contributed by atoms with Gasteiger partial charge in [0, 0.05) is 23.8 Å². The van der Waals surface area contributed by atoms with Crippen molar-refractivity contribution in [1.29, 1.82) is 0 Å². The molecule has 0 aliphatic heterocycles. The first-order valence-corrected chi connectivity index (χ1v) is 13.0. The monoisotopic (exact) mass is 436 g/mol.